The van der Waals surface area contributed by atoms with Crippen molar-refractivity contribution in [3.05, 3.63) is 95.6 Å². The number of hydrogen-bond acceptors (Lipinski definition) is 4. The number of epoxide rings is 1. The van der Waals surface area contributed by atoms with Crippen LogP contribution in [0, 0.1) is 0 Å². The lowest BCUT2D eigenvalue weighted by molar-refractivity contribution is 0.0897. The molecule has 164 valence electrons. The van der Waals surface area contributed by atoms with Gasteiger partial charge >= 0.3 is 0 Å². The lowest BCUT2D eigenvalue weighted by Crippen LogP contribution is -2.37. The first-order chi connectivity index (χ1) is 15.3. The standard InChI is InChI=1S/C27H27NO4/c1-27(2,3)21-11-9-20(10-12-21)26(30)28(25(29)19-7-5-4-6-8-19)22-13-15-23(16-14-22)31-17-24-18-32-24/h4-16,24H,17-18H2,1-3H3. The van der Waals surface area contributed by atoms with E-state index in [-0.39, 0.29) is 23.3 Å². The molecule has 0 aromatic heterocycles. The van der Waals surface area contributed by atoms with Crippen LogP contribution in [0.1, 0.15) is 47.1 Å². The van der Waals surface area contributed by atoms with Crippen molar-refractivity contribution in [2.75, 3.05) is 18.1 Å². The largest absolute Gasteiger partial charge is 0.491 e. The molecule has 0 spiro atoms. The van der Waals surface area contributed by atoms with Crippen molar-refractivity contribution >= 4 is 17.5 Å². The Morgan fingerprint density at radius 2 is 1.44 bits per heavy atom. The van der Waals surface area contributed by atoms with Crippen molar-refractivity contribution in [1.82, 2.24) is 0 Å². The van der Waals surface area contributed by atoms with Crippen LogP contribution in [-0.2, 0) is 10.2 Å². The Labute approximate surface area is 188 Å². The third-order valence-corrected chi connectivity index (χ3v) is 5.36. The fourth-order valence-corrected chi connectivity index (χ4v) is 3.32. The van der Waals surface area contributed by atoms with E-state index in [1.165, 1.54) is 4.90 Å². The zero-order valence-corrected chi connectivity index (χ0v) is 18.6. The number of rotatable bonds is 6. The van der Waals surface area contributed by atoms with Crippen LogP contribution in [0.25, 0.3) is 0 Å². The maximum absolute atomic E-state index is 13.5. The van der Waals surface area contributed by atoms with Crippen molar-refractivity contribution in [3.63, 3.8) is 0 Å². The van der Waals surface area contributed by atoms with E-state index in [9.17, 15) is 9.59 Å². The number of hydrogen-bond donors (Lipinski definition) is 0. The average molecular weight is 430 g/mol. The summed E-state index contributed by atoms with van der Waals surface area (Å²) < 4.78 is 10.8. The fraction of sp³-hybridized carbons (Fsp3) is 0.259. The van der Waals surface area contributed by atoms with Crippen LogP contribution in [0.3, 0.4) is 0 Å². The van der Waals surface area contributed by atoms with Gasteiger partial charge in [-0.2, -0.15) is 0 Å². The van der Waals surface area contributed by atoms with E-state index < -0.39 is 0 Å². The molecule has 1 aliphatic rings. The third kappa shape index (κ3) is 5.06. The van der Waals surface area contributed by atoms with Crippen LogP contribution < -0.4 is 9.64 Å². The molecule has 3 aromatic rings. The summed E-state index contributed by atoms with van der Waals surface area (Å²) in [7, 11) is 0. The Morgan fingerprint density at radius 3 is 1.97 bits per heavy atom. The van der Waals surface area contributed by atoms with Crippen LogP contribution in [0.5, 0.6) is 5.75 Å². The van der Waals surface area contributed by atoms with E-state index in [2.05, 4.69) is 20.8 Å². The Kier molecular flexibility index (Phi) is 6.10. The number of ether oxygens (including phenoxy) is 2. The first-order valence-electron chi connectivity index (χ1n) is 10.7. The molecule has 4 rings (SSSR count). The average Bonchev–Trinajstić information content (AvgIpc) is 3.63. The summed E-state index contributed by atoms with van der Waals surface area (Å²) in [6.07, 6.45) is 0.156. The summed E-state index contributed by atoms with van der Waals surface area (Å²) in [5, 5.41) is 0. The number of carbonyl (C=O) groups is 2. The van der Waals surface area contributed by atoms with Gasteiger partial charge in [0.15, 0.2) is 0 Å². The minimum Gasteiger partial charge on any atom is -0.491 e. The Balaban J connectivity index is 1.64. The smallest absolute Gasteiger partial charge is 0.265 e. The van der Waals surface area contributed by atoms with Gasteiger partial charge in [-0.25, -0.2) is 4.90 Å². The van der Waals surface area contributed by atoms with Gasteiger partial charge in [0.05, 0.1) is 12.3 Å². The Bertz CT molecular complexity index is 1080. The highest BCUT2D eigenvalue weighted by molar-refractivity contribution is 6.25. The molecule has 5 nitrogen and oxygen atoms in total. The molecule has 1 heterocycles. The number of anilines is 1. The lowest BCUT2D eigenvalue weighted by atomic mass is 9.86. The van der Waals surface area contributed by atoms with Gasteiger partial charge in [0.2, 0.25) is 0 Å². The minimum absolute atomic E-state index is 0.0253. The first kappa shape index (κ1) is 21.8. The van der Waals surface area contributed by atoms with E-state index in [1.807, 2.05) is 18.2 Å². The number of imide groups is 1. The van der Waals surface area contributed by atoms with Gasteiger partial charge in [-0.15, -0.1) is 0 Å². The SMILES string of the molecule is CC(C)(C)c1ccc(C(=O)N(C(=O)c2ccccc2)c2ccc(OCC3CO3)cc2)cc1. The van der Waals surface area contributed by atoms with Crippen molar-refractivity contribution < 1.29 is 19.1 Å². The normalized spacial score (nSPS) is 15.2. The van der Waals surface area contributed by atoms with E-state index in [1.54, 1.807) is 60.7 Å². The molecule has 5 heteroatoms. The summed E-state index contributed by atoms with van der Waals surface area (Å²) in [5.41, 5.74) is 2.48. The fourth-order valence-electron chi connectivity index (χ4n) is 3.32. The monoisotopic (exact) mass is 429 g/mol. The quantitative estimate of drug-likeness (QED) is 0.397. The molecule has 1 fully saturated rings. The van der Waals surface area contributed by atoms with Crippen LogP contribution in [0.2, 0.25) is 0 Å². The zero-order chi connectivity index (χ0) is 22.7. The highest BCUT2D eigenvalue weighted by Gasteiger charge is 2.27. The topological polar surface area (TPSA) is 59.1 Å². The van der Waals surface area contributed by atoms with E-state index in [4.69, 9.17) is 9.47 Å². The molecule has 0 bridgehead atoms. The maximum atomic E-state index is 13.5. The number of carbonyl (C=O) groups excluding carboxylic acids is 2. The van der Waals surface area contributed by atoms with Crippen LogP contribution in [0.4, 0.5) is 5.69 Å². The van der Waals surface area contributed by atoms with Gasteiger partial charge in [-0.1, -0.05) is 51.1 Å². The van der Waals surface area contributed by atoms with Crippen molar-refractivity contribution in [1.29, 1.82) is 0 Å². The lowest BCUT2D eigenvalue weighted by Gasteiger charge is -2.23. The summed E-state index contributed by atoms with van der Waals surface area (Å²) in [4.78, 5) is 28.1. The van der Waals surface area contributed by atoms with Crippen molar-refractivity contribution in [3.8, 4) is 5.75 Å². The summed E-state index contributed by atoms with van der Waals surface area (Å²) >= 11 is 0. The third-order valence-electron chi connectivity index (χ3n) is 5.36. The molecule has 0 saturated carbocycles. The second-order valence-corrected chi connectivity index (χ2v) is 8.90. The van der Waals surface area contributed by atoms with Gasteiger partial charge in [0.25, 0.3) is 11.8 Å². The van der Waals surface area contributed by atoms with Crippen LogP contribution in [0.15, 0.2) is 78.9 Å². The summed E-state index contributed by atoms with van der Waals surface area (Å²) in [5.74, 6) is -0.0896. The molecule has 32 heavy (non-hydrogen) atoms. The van der Waals surface area contributed by atoms with Gasteiger partial charge in [-0.3, -0.25) is 9.59 Å². The number of nitrogens with zero attached hydrogens (tertiary/aromatic N) is 1. The van der Waals surface area contributed by atoms with Crippen molar-refractivity contribution in [2.45, 2.75) is 32.3 Å². The molecule has 1 atom stereocenters. The molecular formula is C27H27NO4. The predicted octanol–water partition coefficient (Wildman–Crippen LogP) is 5.25. The van der Waals surface area contributed by atoms with Gasteiger partial charge in [0, 0.05) is 11.1 Å². The highest BCUT2D eigenvalue weighted by Crippen LogP contribution is 2.26. The molecule has 0 aliphatic carbocycles. The van der Waals surface area contributed by atoms with Gasteiger partial charge in [0.1, 0.15) is 18.5 Å². The molecular weight excluding hydrogens is 402 g/mol. The Hall–Kier alpha value is -3.44. The molecule has 1 saturated heterocycles. The van der Waals surface area contributed by atoms with E-state index >= 15 is 0 Å². The van der Waals surface area contributed by atoms with Gasteiger partial charge in [-0.05, 0) is 59.5 Å². The maximum Gasteiger partial charge on any atom is 0.265 e. The zero-order valence-electron chi connectivity index (χ0n) is 18.6. The molecule has 2 amide bonds. The summed E-state index contributed by atoms with van der Waals surface area (Å²) in [6.45, 7) is 7.57. The summed E-state index contributed by atoms with van der Waals surface area (Å²) in [6, 6.07) is 23.2. The molecule has 1 unspecified atom stereocenters. The van der Waals surface area contributed by atoms with Crippen molar-refractivity contribution in [2.24, 2.45) is 0 Å². The number of amides is 2. The second-order valence-electron chi connectivity index (χ2n) is 8.90. The number of benzene rings is 3. The molecule has 0 N–H and O–H groups in total. The molecule has 3 aromatic carbocycles. The first-order valence-corrected chi connectivity index (χ1v) is 10.7. The minimum atomic E-state index is -0.379. The van der Waals surface area contributed by atoms with Gasteiger partial charge < -0.3 is 9.47 Å². The Morgan fingerprint density at radius 1 is 0.875 bits per heavy atom. The van der Waals surface area contributed by atoms with Crippen LogP contribution >= 0.6 is 0 Å². The van der Waals surface area contributed by atoms with E-state index in [0.29, 0.717) is 29.2 Å². The molecule has 0 radical (unpaired) electrons. The van der Waals surface area contributed by atoms with E-state index in [0.717, 1.165) is 12.2 Å². The van der Waals surface area contributed by atoms with Crippen LogP contribution in [-0.4, -0.2) is 31.1 Å². The predicted molar refractivity (Wildman–Crippen MR) is 124 cm³/mol. The second kappa shape index (κ2) is 8.97. The molecule has 1 aliphatic heterocycles. The highest BCUT2D eigenvalue weighted by atomic mass is 16.6.